The van der Waals surface area contributed by atoms with Crippen molar-refractivity contribution in [2.45, 2.75) is 19.9 Å². The highest BCUT2D eigenvalue weighted by molar-refractivity contribution is 5.85. The summed E-state index contributed by atoms with van der Waals surface area (Å²) in [4.78, 5) is 24.8. The maximum atomic E-state index is 11.3. The molecule has 1 aromatic heterocycles. The van der Waals surface area contributed by atoms with Gasteiger partial charge in [-0.3, -0.25) is 14.3 Å². The molecule has 0 aromatic carbocycles. The molecule has 7 heteroatoms. The number of H-pyrrole nitrogens is 1. The summed E-state index contributed by atoms with van der Waals surface area (Å²) in [7, 11) is 0. The first-order valence-corrected chi connectivity index (χ1v) is 3.96. The SMILES string of the molecule is CCCn1c(=O)[nH]c(N)c(N)c1=O.Cl. The number of nitrogen functional groups attached to an aromatic ring is 2. The molecule has 14 heavy (non-hydrogen) atoms. The van der Waals surface area contributed by atoms with Gasteiger partial charge in [0.15, 0.2) is 0 Å². The van der Waals surface area contributed by atoms with Gasteiger partial charge in [0.25, 0.3) is 5.56 Å². The van der Waals surface area contributed by atoms with Gasteiger partial charge in [0, 0.05) is 6.54 Å². The average Bonchev–Trinajstić information content (AvgIpc) is 2.09. The van der Waals surface area contributed by atoms with Gasteiger partial charge in [-0.25, -0.2) is 4.79 Å². The third-order valence-corrected chi connectivity index (χ3v) is 1.70. The van der Waals surface area contributed by atoms with Gasteiger partial charge < -0.3 is 11.5 Å². The van der Waals surface area contributed by atoms with E-state index >= 15 is 0 Å². The number of rotatable bonds is 2. The van der Waals surface area contributed by atoms with Crippen LogP contribution in [0.2, 0.25) is 0 Å². The van der Waals surface area contributed by atoms with Crippen molar-refractivity contribution in [3.8, 4) is 0 Å². The zero-order valence-electron chi connectivity index (χ0n) is 7.74. The summed E-state index contributed by atoms with van der Waals surface area (Å²) in [6.45, 7) is 2.21. The van der Waals surface area contributed by atoms with Gasteiger partial charge in [-0.2, -0.15) is 0 Å². The number of nitrogens with one attached hydrogen (secondary N) is 1. The van der Waals surface area contributed by atoms with Crippen molar-refractivity contribution >= 4 is 23.9 Å². The van der Waals surface area contributed by atoms with E-state index in [-0.39, 0.29) is 23.9 Å². The lowest BCUT2D eigenvalue weighted by Gasteiger charge is -2.04. The molecule has 0 spiro atoms. The summed E-state index contributed by atoms with van der Waals surface area (Å²) in [5, 5.41) is 0. The molecule has 80 valence electrons. The topological polar surface area (TPSA) is 107 Å². The molecule has 0 aliphatic carbocycles. The number of nitrogens with two attached hydrogens (primary N) is 2. The summed E-state index contributed by atoms with van der Waals surface area (Å²) in [5.41, 5.74) is 9.50. The van der Waals surface area contributed by atoms with Crippen LogP contribution in [0.5, 0.6) is 0 Å². The van der Waals surface area contributed by atoms with Crippen LogP contribution in [0.15, 0.2) is 9.59 Å². The van der Waals surface area contributed by atoms with Crippen LogP contribution in [0.1, 0.15) is 13.3 Å². The molecule has 1 heterocycles. The molecule has 0 aliphatic heterocycles. The van der Waals surface area contributed by atoms with Crippen LogP contribution in [-0.2, 0) is 6.54 Å². The van der Waals surface area contributed by atoms with Crippen LogP contribution in [-0.4, -0.2) is 9.55 Å². The van der Waals surface area contributed by atoms with Crippen molar-refractivity contribution in [1.29, 1.82) is 0 Å². The highest BCUT2D eigenvalue weighted by Crippen LogP contribution is 1.99. The van der Waals surface area contributed by atoms with Gasteiger partial charge in [0.1, 0.15) is 11.5 Å². The quantitative estimate of drug-likeness (QED) is 0.627. The lowest BCUT2D eigenvalue weighted by atomic mass is 10.4. The first kappa shape index (κ1) is 12.6. The van der Waals surface area contributed by atoms with E-state index in [1.807, 2.05) is 6.92 Å². The minimum Gasteiger partial charge on any atom is -0.391 e. The van der Waals surface area contributed by atoms with Crippen LogP contribution >= 0.6 is 12.4 Å². The Morgan fingerprint density at radius 1 is 1.36 bits per heavy atom. The third-order valence-electron chi connectivity index (χ3n) is 1.70. The normalized spacial score (nSPS) is 9.50. The second-order valence-electron chi connectivity index (χ2n) is 2.71. The van der Waals surface area contributed by atoms with Gasteiger partial charge in [-0.15, -0.1) is 12.4 Å². The van der Waals surface area contributed by atoms with Crippen LogP contribution in [0.4, 0.5) is 11.5 Å². The lowest BCUT2D eigenvalue weighted by Crippen LogP contribution is -2.37. The molecule has 0 radical (unpaired) electrons. The molecular weight excluding hydrogens is 208 g/mol. The van der Waals surface area contributed by atoms with Crippen molar-refractivity contribution in [3.05, 3.63) is 20.8 Å². The standard InChI is InChI=1S/C7H12N4O2.ClH/c1-2-3-11-6(12)4(8)5(9)10-7(11)13;/h2-3,8-9H2,1H3,(H,10,13);1H. The predicted octanol–water partition coefficient (Wildman–Crippen LogP) is -0.467. The fourth-order valence-electron chi connectivity index (χ4n) is 1.03. The summed E-state index contributed by atoms with van der Waals surface area (Å²) in [5.74, 6) is -0.0673. The molecule has 0 saturated heterocycles. The fourth-order valence-corrected chi connectivity index (χ4v) is 1.03. The first-order chi connectivity index (χ1) is 6.07. The molecule has 5 N–H and O–H groups in total. The van der Waals surface area contributed by atoms with Crippen LogP contribution in [0.25, 0.3) is 0 Å². The van der Waals surface area contributed by atoms with E-state index in [9.17, 15) is 9.59 Å². The zero-order chi connectivity index (χ0) is 10.0. The van der Waals surface area contributed by atoms with Gasteiger partial charge >= 0.3 is 5.69 Å². The largest absolute Gasteiger partial charge is 0.391 e. The van der Waals surface area contributed by atoms with Gasteiger partial charge in [-0.1, -0.05) is 6.92 Å². The Kier molecular flexibility index (Phi) is 4.23. The first-order valence-electron chi connectivity index (χ1n) is 3.96. The highest BCUT2D eigenvalue weighted by Gasteiger charge is 2.07. The summed E-state index contributed by atoms with van der Waals surface area (Å²) in [6.07, 6.45) is 0.687. The number of aromatic nitrogens is 2. The van der Waals surface area contributed by atoms with E-state index in [2.05, 4.69) is 4.98 Å². The Bertz CT molecular complexity index is 423. The summed E-state index contributed by atoms with van der Waals surface area (Å²) < 4.78 is 1.03. The van der Waals surface area contributed by atoms with Gasteiger partial charge in [0.05, 0.1) is 0 Å². The van der Waals surface area contributed by atoms with Crippen molar-refractivity contribution in [3.63, 3.8) is 0 Å². The number of aromatic amines is 1. The highest BCUT2D eigenvalue weighted by atomic mass is 35.5. The number of nitrogens with zero attached hydrogens (tertiary/aromatic N) is 1. The molecule has 0 unspecified atom stereocenters. The molecule has 0 saturated carbocycles. The van der Waals surface area contributed by atoms with E-state index in [0.717, 1.165) is 4.57 Å². The fraction of sp³-hybridized carbons (Fsp3) is 0.429. The van der Waals surface area contributed by atoms with E-state index in [0.29, 0.717) is 13.0 Å². The monoisotopic (exact) mass is 220 g/mol. The number of halogens is 1. The zero-order valence-corrected chi connectivity index (χ0v) is 8.56. The summed E-state index contributed by atoms with van der Waals surface area (Å²) in [6, 6.07) is 0. The Morgan fingerprint density at radius 3 is 2.43 bits per heavy atom. The Labute approximate surface area is 86.3 Å². The van der Waals surface area contributed by atoms with E-state index < -0.39 is 11.2 Å². The maximum Gasteiger partial charge on any atom is 0.330 e. The molecule has 6 nitrogen and oxygen atoms in total. The van der Waals surface area contributed by atoms with Crippen LogP contribution in [0, 0.1) is 0 Å². The number of hydrogen-bond donors (Lipinski definition) is 3. The Morgan fingerprint density at radius 2 is 1.93 bits per heavy atom. The average molecular weight is 221 g/mol. The Hall–Kier alpha value is -1.43. The predicted molar refractivity (Wildman–Crippen MR) is 57.7 cm³/mol. The second-order valence-corrected chi connectivity index (χ2v) is 2.71. The molecule has 0 bridgehead atoms. The smallest absolute Gasteiger partial charge is 0.330 e. The minimum atomic E-state index is -0.525. The van der Waals surface area contributed by atoms with E-state index in [1.165, 1.54) is 0 Å². The summed E-state index contributed by atoms with van der Waals surface area (Å²) >= 11 is 0. The van der Waals surface area contributed by atoms with Crippen molar-refractivity contribution in [1.82, 2.24) is 9.55 Å². The van der Waals surface area contributed by atoms with Crippen LogP contribution < -0.4 is 22.7 Å². The van der Waals surface area contributed by atoms with Gasteiger partial charge in [-0.05, 0) is 6.42 Å². The second kappa shape index (κ2) is 4.71. The minimum absolute atomic E-state index is 0. The van der Waals surface area contributed by atoms with Crippen molar-refractivity contribution in [2.24, 2.45) is 0 Å². The molecular formula is C7H13ClN4O2. The lowest BCUT2D eigenvalue weighted by molar-refractivity contribution is 0.619. The molecule has 0 amide bonds. The van der Waals surface area contributed by atoms with E-state index in [4.69, 9.17) is 11.5 Å². The van der Waals surface area contributed by atoms with Crippen LogP contribution in [0.3, 0.4) is 0 Å². The van der Waals surface area contributed by atoms with Crippen molar-refractivity contribution in [2.75, 3.05) is 11.5 Å². The third kappa shape index (κ3) is 2.08. The molecule has 0 aliphatic rings. The molecule has 1 rings (SSSR count). The van der Waals surface area contributed by atoms with E-state index in [1.54, 1.807) is 0 Å². The number of anilines is 2. The van der Waals surface area contributed by atoms with Gasteiger partial charge in [0.2, 0.25) is 0 Å². The van der Waals surface area contributed by atoms with Crippen molar-refractivity contribution < 1.29 is 0 Å². The molecule has 1 aromatic rings. The molecule has 0 fully saturated rings. The maximum absolute atomic E-state index is 11.3. The number of hydrogen-bond acceptors (Lipinski definition) is 4. The molecule has 0 atom stereocenters. The Balaban J connectivity index is 0.00000169.